The van der Waals surface area contributed by atoms with Crippen LogP contribution in [0.4, 0.5) is 0 Å². The van der Waals surface area contributed by atoms with E-state index in [9.17, 15) is 21.0 Å². The van der Waals surface area contributed by atoms with Crippen molar-refractivity contribution >= 4 is 29.9 Å². The van der Waals surface area contributed by atoms with Gasteiger partial charge >= 0.3 is 0 Å². The summed E-state index contributed by atoms with van der Waals surface area (Å²) >= 11 is 0. The predicted octanol–water partition coefficient (Wildman–Crippen LogP) is 4.14. The van der Waals surface area contributed by atoms with Crippen molar-refractivity contribution in [2.24, 2.45) is 3.77 Å². The Kier molecular flexibility index (Phi) is 8.82. The predicted molar refractivity (Wildman–Crippen MR) is 122 cm³/mol. The van der Waals surface area contributed by atoms with Crippen molar-refractivity contribution in [2.75, 3.05) is 12.0 Å². The maximum absolute atomic E-state index is 14.0. The van der Waals surface area contributed by atoms with Crippen LogP contribution in [0.15, 0.2) is 68.2 Å². The lowest BCUT2D eigenvalue weighted by Crippen LogP contribution is -2.27. The Morgan fingerprint density at radius 1 is 0.871 bits per heavy atom. The third-order valence-electron chi connectivity index (χ3n) is 4.50. The minimum atomic E-state index is -4.25. The Morgan fingerprint density at radius 3 is 2.03 bits per heavy atom. The highest BCUT2D eigenvalue weighted by molar-refractivity contribution is 8.03. The molecule has 172 valence electrons. The van der Waals surface area contributed by atoms with Gasteiger partial charge in [-0.05, 0) is 37.6 Å². The van der Waals surface area contributed by atoms with Crippen LogP contribution in [0.3, 0.4) is 0 Å². The maximum Gasteiger partial charge on any atom is 0.290 e. The van der Waals surface area contributed by atoms with Crippen molar-refractivity contribution in [3.63, 3.8) is 0 Å². The van der Waals surface area contributed by atoms with Crippen LogP contribution in [-0.2, 0) is 34.1 Å². The summed E-state index contributed by atoms with van der Waals surface area (Å²) in [6, 6.07) is 14.1. The quantitative estimate of drug-likeness (QED) is 0.348. The van der Waals surface area contributed by atoms with Gasteiger partial charge in [0.15, 0.2) is 0 Å². The summed E-state index contributed by atoms with van der Waals surface area (Å²) in [5, 5.41) is 0. The first-order valence-electron chi connectivity index (χ1n) is 9.96. The highest BCUT2D eigenvalue weighted by atomic mass is 32.3. The average molecular weight is 488 g/mol. The van der Waals surface area contributed by atoms with E-state index < -0.39 is 36.0 Å². The first-order valence-corrected chi connectivity index (χ1v) is 14.9. The minimum Gasteiger partial charge on any atom is -0.266 e. The Bertz CT molecular complexity index is 1180. The van der Waals surface area contributed by atoms with Crippen LogP contribution in [-0.4, -0.2) is 39.2 Å². The zero-order valence-electron chi connectivity index (χ0n) is 17.9. The lowest BCUT2D eigenvalue weighted by molar-refractivity contribution is 0.219. The number of hydrogen-bond acceptors (Lipinski definition) is 6. The smallest absolute Gasteiger partial charge is 0.266 e. The van der Waals surface area contributed by atoms with Crippen LogP contribution < -0.4 is 0 Å². The Balaban J connectivity index is 2.56. The molecule has 0 aromatic heterocycles. The van der Waals surface area contributed by atoms with E-state index in [1.165, 1.54) is 24.3 Å². The van der Waals surface area contributed by atoms with Gasteiger partial charge < -0.3 is 0 Å². The molecule has 0 amide bonds. The van der Waals surface area contributed by atoms with E-state index in [2.05, 4.69) is 3.77 Å². The van der Waals surface area contributed by atoms with Gasteiger partial charge in [-0.25, -0.2) is 4.21 Å². The molecule has 2 aromatic carbocycles. The van der Waals surface area contributed by atoms with E-state index in [1.54, 1.807) is 30.3 Å². The summed E-state index contributed by atoms with van der Waals surface area (Å²) in [5.74, 6) is -0.348. The van der Waals surface area contributed by atoms with Gasteiger partial charge in [0.25, 0.3) is 20.1 Å². The summed E-state index contributed by atoms with van der Waals surface area (Å²) in [5.41, 5.74) is 0.875. The molecular weight excluding hydrogens is 458 g/mol. The number of hydrogen-bond donors (Lipinski definition) is 0. The molecule has 0 saturated heterocycles. The van der Waals surface area contributed by atoms with E-state index in [4.69, 9.17) is 4.18 Å². The van der Waals surface area contributed by atoms with Gasteiger partial charge in [-0.3, -0.25) is 4.18 Å². The second kappa shape index (κ2) is 10.7. The fourth-order valence-electron chi connectivity index (χ4n) is 2.99. The van der Waals surface area contributed by atoms with Gasteiger partial charge in [-0.15, -0.1) is 3.77 Å². The van der Waals surface area contributed by atoms with Gasteiger partial charge in [-0.1, -0.05) is 62.1 Å². The molecule has 2 atom stereocenters. The maximum atomic E-state index is 14.0. The average Bonchev–Trinajstić information content (AvgIpc) is 2.67. The lowest BCUT2D eigenvalue weighted by atomic mass is 10.1. The lowest BCUT2D eigenvalue weighted by Gasteiger charge is -2.19. The molecule has 0 N–H and O–H groups in total. The molecule has 0 saturated carbocycles. The molecule has 0 spiro atoms. The molecule has 2 aromatic rings. The van der Waals surface area contributed by atoms with Crippen LogP contribution in [0.5, 0.6) is 0 Å². The van der Waals surface area contributed by atoms with Crippen LogP contribution in [0.2, 0.25) is 0 Å². The van der Waals surface area contributed by atoms with E-state index in [0.717, 1.165) is 24.7 Å². The monoisotopic (exact) mass is 487 g/mol. The fraction of sp³-hybridized carbons (Fsp3) is 0.429. The molecule has 0 aliphatic heterocycles. The Labute approximate surface area is 186 Å². The number of benzene rings is 2. The summed E-state index contributed by atoms with van der Waals surface area (Å²) in [6.45, 7) is 3.83. The Morgan fingerprint density at radius 2 is 1.48 bits per heavy atom. The van der Waals surface area contributed by atoms with Gasteiger partial charge in [0.1, 0.15) is 0 Å². The number of unbranched alkanes of at least 4 members (excludes halogenated alkanes) is 2. The van der Waals surface area contributed by atoms with Crippen LogP contribution in [0.1, 0.15) is 38.2 Å². The van der Waals surface area contributed by atoms with Crippen molar-refractivity contribution in [2.45, 2.75) is 55.4 Å². The van der Waals surface area contributed by atoms with E-state index in [1.807, 2.05) is 13.8 Å². The molecule has 0 bridgehead atoms. The van der Waals surface area contributed by atoms with Crippen LogP contribution >= 0.6 is 0 Å². The summed E-state index contributed by atoms with van der Waals surface area (Å²) in [6.07, 6.45) is 2.70. The number of nitrogens with zero attached hydrogens (tertiary/aromatic N) is 1. The largest absolute Gasteiger partial charge is 0.290 e. The van der Waals surface area contributed by atoms with Gasteiger partial charge in [0.2, 0.25) is 0 Å². The third kappa shape index (κ3) is 8.03. The molecule has 0 radical (unpaired) electrons. The molecule has 1 unspecified atom stereocenters. The molecule has 0 aliphatic carbocycles. The van der Waals surface area contributed by atoms with Crippen molar-refractivity contribution in [1.29, 1.82) is 0 Å². The topological polar surface area (TPSA) is 107 Å². The van der Waals surface area contributed by atoms with Crippen molar-refractivity contribution < 1.29 is 25.2 Å². The second-order valence-electron chi connectivity index (χ2n) is 7.40. The van der Waals surface area contributed by atoms with E-state index >= 15 is 0 Å². The molecule has 31 heavy (non-hydrogen) atoms. The molecule has 0 aliphatic rings. The summed E-state index contributed by atoms with van der Waals surface area (Å²) in [7, 11) is -11.6. The molecule has 0 fully saturated rings. The zero-order valence-corrected chi connectivity index (χ0v) is 20.4. The molecule has 7 nitrogen and oxygen atoms in total. The fourth-order valence-corrected chi connectivity index (χ4v) is 7.93. The highest BCUT2D eigenvalue weighted by Crippen LogP contribution is 2.24. The number of sulfonamides is 1. The highest BCUT2D eigenvalue weighted by Gasteiger charge is 2.27. The van der Waals surface area contributed by atoms with Crippen molar-refractivity contribution in [1.82, 2.24) is 0 Å². The zero-order chi connectivity index (χ0) is 23.1. The minimum absolute atomic E-state index is 0.0756. The van der Waals surface area contributed by atoms with Gasteiger partial charge in [0.05, 0.1) is 32.7 Å². The molecule has 0 heterocycles. The SMILES string of the molecule is CCCCC[C@H](CS(=O)(=NS(=O)(=O)c1ccc(C)cc1)c1ccccc1)OS(C)(=O)=O. The normalized spacial score (nSPS) is 15.2. The summed E-state index contributed by atoms with van der Waals surface area (Å²) in [4.78, 5) is 0.136. The second-order valence-corrected chi connectivity index (χ2v) is 13.1. The first-order chi connectivity index (χ1) is 14.5. The first kappa shape index (κ1) is 25.5. The molecular formula is C21H29NO6S3. The third-order valence-corrected chi connectivity index (χ3v) is 9.57. The number of aryl methyl sites for hydroxylation is 1. The summed E-state index contributed by atoms with van der Waals surface area (Å²) < 4.78 is 72.4. The van der Waals surface area contributed by atoms with Crippen molar-refractivity contribution in [3.8, 4) is 0 Å². The van der Waals surface area contributed by atoms with Gasteiger partial charge in [-0.2, -0.15) is 16.8 Å². The standard InChI is InChI=1S/C21H29NO6S3/c1-4-5-7-10-19(28-29(3,23)24)17-30(25,20-11-8-6-9-12-20)22-31(26,27)21-15-13-18(2)14-16-21/h6,8-9,11-16,19H,4-5,7,10,17H2,1-3H3/t19-,30?/m1/s1. The number of rotatable bonds is 11. The van der Waals surface area contributed by atoms with Crippen LogP contribution in [0, 0.1) is 6.92 Å². The van der Waals surface area contributed by atoms with E-state index in [-0.39, 0.29) is 15.5 Å². The van der Waals surface area contributed by atoms with Gasteiger partial charge in [0, 0.05) is 4.90 Å². The molecule has 10 heteroatoms. The molecule has 2 rings (SSSR count). The van der Waals surface area contributed by atoms with Crippen LogP contribution in [0.25, 0.3) is 0 Å². The van der Waals surface area contributed by atoms with E-state index in [0.29, 0.717) is 12.8 Å². The van der Waals surface area contributed by atoms with Crippen molar-refractivity contribution in [3.05, 3.63) is 60.2 Å². The Hall–Kier alpha value is -1.75.